The Balaban J connectivity index is 3.27. The molecule has 0 aromatic rings. The van der Waals surface area contributed by atoms with Crippen molar-refractivity contribution in [3.63, 3.8) is 0 Å². The Bertz CT molecular complexity index is 273. The van der Waals surface area contributed by atoms with Crippen LogP contribution < -0.4 is 0 Å². The van der Waals surface area contributed by atoms with Gasteiger partial charge in [0.15, 0.2) is 0 Å². The lowest BCUT2D eigenvalue weighted by Crippen LogP contribution is -2.48. The number of hydrogen-bond donors (Lipinski definition) is 0. The molecule has 0 radical (unpaired) electrons. The second kappa shape index (κ2) is 18.5. The summed E-state index contributed by atoms with van der Waals surface area (Å²) in [5, 5.41) is 0. The van der Waals surface area contributed by atoms with E-state index in [0.29, 0.717) is 0 Å². The van der Waals surface area contributed by atoms with Crippen molar-refractivity contribution in [3.8, 4) is 0 Å². The third-order valence-electron chi connectivity index (χ3n) is 6.26. The third kappa shape index (κ3) is 15.3. The Morgan fingerprint density at radius 2 is 0.769 bits per heavy atom. The van der Waals surface area contributed by atoms with E-state index in [0.717, 1.165) is 0 Å². The van der Waals surface area contributed by atoms with Crippen LogP contribution in [0.4, 0.5) is 0 Å². The second-order valence-electron chi connectivity index (χ2n) is 9.04. The van der Waals surface area contributed by atoms with Crippen LogP contribution in [0.1, 0.15) is 124 Å². The first-order valence-electron chi connectivity index (χ1n) is 12.3. The quantitative estimate of drug-likeness (QED) is 0.150. The van der Waals surface area contributed by atoms with Crippen LogP contribution in [0.2, 0.25) is 19.1 Å². The van der Waals surface area contributed by atoms with Crippen LogP contribution in [0.25, 0.3) is 0 Å². The van der Waals surface area contributed by atoms with Gasteiger partial charge in [-0.25, -0.2) is 0 Å². The summed E-state index contributed by atoms with van der Waals surface area (Å²) in [5.74, 6) is 0. The van der Waals surface area contributed by atoms with Crippen LogP contribution in [-0.4, -0.2) is 25.9 Å². The molecule has 0 bridgehead atoms. The number of rotatable bonds is 20. The molecule has 0 aromatic carbocycles. The fraction of sp³-hybridized carbons (Fsp3) is 1.00. The molecule has 0 aliphatic carbocycles. The van der Waals surface area contributed by atoms with Gasteiger partial charge in [0, 0.05) is 0 Å². The van der Waals surface area contributed by atoms with Gasteiger partial charge in [-0.2, -0.15) is 0 Å². The molecule has 2 heteroatoms. The minimum absolute atomic E-state index is 1.11. The van der Waals surface area contributed by atoms with E-state index in [1.807, 2.05) is 0 Å². The van der Waals surface area contributed by atoms with Crippen LogP contribution in [0.5, 0.6) is 0 Å². The Morgan fingerprint density at radius 3 is 1.08 bits per heavy atom. The first kappa shape index (κ1) is 26.2. The summed E-state index contributed by atoms with van der Waals surface area (Å²) in [6.45, 7) is 14.6. The lowest BCUT2D eigenvalue weighted by atomic mass is 10.0. The van der Waals surface area contributed by atoms with Crippen molar-refractivity contribution in [2.24, 2.45) is 0 Å². The molecule has 0 N–H and O–H groups in total. The maximum absolute atomic E-state index is 2.75. The van der Waals surface area contributed by atoms with Gasteiger partial charge in [-0.15, -0.1) is 0 Å². The average molecular weight is 384 g/mol. The zero-order valence-electron chi connectivity index (χ0n) is 19.4. The molecule has 0 saturated carbocycles. The highest BCUT2D eigenvalue weighted by atomic mass is 28.3. The van der Waals surface area contributed by atoms with Crippen LogP contribution in [-0.2, 0) is 0 Å². The highest BCUT2D eigenvalue weighted by Gasteiger charge is 2.26. The first-order valence-corrected chi connectivity index (χ1v) is 15.5. The van der Waals surface area contributed by atoms with Crippen molar-refractivity contribution in [1.29, 1.82) is 0 Å². The van der Waals surface area contributed by atoms with Crippen molar-refractivity contribution in [1.82, 2.24) is 4.57 Å². The molecular formula is C24H53NSi. The molecule has 0 heterocycles. The molecule has 0 saturated heterocycles. The standard InChI is InChI=1S/C24H53NSi/c1-6-9-10-11-12-13-14-15-16-17-18-19-20-21-22-23-24-26(4,5)25(7-2)8-3/h6-24H2,1-5H3. The van der Waals surface area contributed by atoms with Gasteiger partial charge in [-0.3, -0.25) is 0 Å². The SMILES string of the molecule is CCCCCCCCCCCCCCCCCC[Si](C)(C)N(CC)CC. The highest BCUT2D eigenvalue weighted by molar-refractivity contribution is 6.74. The van der Waals surface area contributed by atoms with Gasteiger partial charge in [-0.1, -0.05) is 137 Å². The maximum atomic E-state index is 2.75. The molecule has 0 aliphatic heterocycles. The van der Waals surface area contributed by atoms with E-state index < -0.39 is 8.24 Å². The van der Waals surface area contributed by atoms with Crippen LogP contribution >= 0.6 is 0 Å². The van der Waals surface area contributed by atoms with Gasteiger partial charge in [-0.05, 0) is 19.1 Å². The summed E-state index contributed by atoms with van der Waals surface area (Å²) < 4.78 is 2.75. The third-order valence-corrected chi connectivity index (χ3v) is 10.2. The number of nitrogens with zero attached hydrogens (tertiary/aromatic N) is 1. The van der Waals surface area contributed by atoms with E-state index in [4.69, 9.17) is 0 Å². The molecular weight excluding hydrogens is 330 g/mol. The van der Waals surface area contributed by atoms with E-state index in [1.165, 1.54) is 122 Å². The molecule has 0 fully saturated rings. The molecule has 0 atom stereocenters. The molecule has 0 unspecified atom stereocenters. The predicted octanol–water partition coefficient (Wildman–Crippen LogP) is 8.79. The first-order chi connectivity index (χ1) is 12.6. The van der Waals surface area contributed by atoms with Crippen molar-refractivity contribution in [2.45, 2.75) is 143 Å². The van der Waals surface area contributed by atoms with E-state index in [-0.39, 0.29) is 0 Å². The van der Waals surface area contributed by atoms with Crippen molar-refractivity contribution in [2.75, 3.05) is 13.1 Å². The van der Waals surface area contributed by atoms with E-state index in [9.17, 15) is 0 Å². The summed E-state index contributed by atoms with van der Waals surface area (Å²) in [5.41, 5.74) is 0. The molecule has 1 nitrogen and oxygen atoms in total. The maximum Gasteiger partial charge on any atom is 0.122 e. The molecule has 0 amide bonds. The van der Waals surface area contributed by atoms with E-state index in [1.54, 1.807) is 0 Å². The minimum atomic E-state index is -1.11. The summed E-state index contributed by atoms with van der Waals surface area (Å²) in [6.07, 6.45) is 23.5. The molecule has 158 valence electrons. The Morgan fingerprint density at radius 1 is 0.462 bits per heavy atom. The van der Waals surface area contributed by atoms with Gasteiger partial charge >= 0.3 is 0 Å². The van der Waals surface area contributed by atoms with Gasteiger partial charge in [0.05, 0.1) is 0 Å². The smallest absolute Gasteiger partial charge is 0.122 e. The summed E-state index contributed by atoms with van der Waals surface area (Å²) >= 11 is 0. The summed E-state index contributed by atoms with van der Waals surface area (Å²) in [7, 11) is -1.11. The van der Waals surface area contributed by atoms with Crippen molar-refractivity contribution in [3.05, 3.63) is 0 Å². The predicted molar refractivity (Wildman–Crippen MR) is 125 cm³/mol. The number of hydrogen-bond acceptors (Lipinski definition) is 1. The van der Waals surface area contributed by atoms with Crippen LogP contribution in [0.3, 0.4) is 0 Å². The Labute approximate surface area is 168 Å². The molecule has 0 aromatic heterocycles. The fourth-order valence-electron chi connectivity index (χ4n) is 4.34. The summed E-state index contributed by atoms with van der Waals surface area (Å²) in [6, 6.07) is 1.49. The molecule has 0 rings (SSSR count). The van der Waals surface area contributed by atoms with E-state index in [2.05, 4.69) is 38.4 Å². The monoisotopic (exact) mass is 383 g/mol. The summed E-state index contributed by atoms with van der Waals surface area (Å²) in [4.78, 5) is 0. The average Bonchev–Trinajstić information content (AvgIpc) is 2.62. The van der Waals surface area contributed by atoms with Gasteiger partial charge in [0.1, 0.15) is 8.24 Å². The van der Waals surface area contributed by atoms with Crippen molar-refractivity contribution >= 4 is 8.24 Å². The Kier molecular flexibility index (Phi) is 18.7. The van der Waals surface area contributed by atoms with Crippen LogP contribution in [0, 0.1) is 0 Å². The minimum Gasteiger partial charge on any atom is -0.324 e. The Hall–Kier alpha value is 0.177. The lowest BCUT2D eigenvalue weighted by molar-refractivity contribution is 0.461. The van der Waals surface area contributed by atoms with Crippen LogP contribution in [0.15, 0.2) is 0 Å². The molecule has 26 heavy (non-hydrogen) atoms. The second-order valence-corrected chi connectivity index (χ2v) is 13.8. The highest BCUT2D eigenvalue weighted by Crippen LogP contribution is 2.20. The van der Waals surface area contributed by atoms with Gasteiger partial charge in [0.2, 0.25) is 0 Å². The van der Waals surface area contributed by atoms with E-state index >= 15 is 0 Å². The molecule has 0 aliphatic rings. The fourth-order valence-corrected chi connectivity index (χ4v) is 7.49. The largest absolute Gasteiger partial charge is 0.324 e. The molecule has 0 spiro atoms. The van der Waals surface area contributed by atoms with Crippen molar-refractivity contribution < 1.29 is 0 Å². The zero-order valence-corrected chi connectivity index (χ0v) is 20.4. The number of unbranched alkanes of at least 4 members (excludes halogenated alkanes) is 15. The lowest BCUT2D eigenvalue weighted by Gasteiger charge is -2.35. The van der Waals surface area contributed by atoms with Gasteiger partial charge in [0.25, 0.3) is 0 Å². The zero-order chi connectivity index (χ0) is 19.5. The van der Waals surface area contributed by atoms with Gasteiger partial charge < -0.3 is 4.57 Å². The topological polar surface area (TPSA) is 3.24 Å². The normalized spacial score (nSPS) is 12.2.